The van der Waals surface area contributed by atoms with Crippen LogP contribution in [0.2, 0.25) is 0 Å². The van der Waals surface area contributed by atoms with Gasteiger partial charge in [-0.25, -0.2) is 0 Å². The van der Waals surface area contributed by atoms with Crippen LogP contribution < -0.4 is 15.5 Å². The Morgan fingerprint density at radius 3 is 1.12 bits per heavy atom. The van der Waals surface area contributed by atoms with Crippen LogP contribution in [0.15, 0.2) is 170 Å². The third-order valence-corrected chi connectivity index (χ3v) is 6.48. The molecular weight excluding hydrogens is 586 g/mol. The van der Waals surface area contributed by atoms with E-state index in [1.54, 1.807) is 12.1 Å². The number of rotatable bonds is 7. The minimum atomic E-state index is -0.377. The zero-order valence-corrected chi connectivity index (χ0v) is 26.6. The minimum Gasteiger partial charge on any atom is -0.399 e. The molecule has 0 radical (unpaired) electrons. The predicted molar refractivity (Wildman–Crippen MR) is 173 cm³/mol. The number of nitrogens with two attached hydrogens (primary N) is 1. The number of nitrogens with zero attached hydrogens (tertiary/aromatic N) is 3. The average Bonchev–Trinajstić information content (AvgIpc) is 3.04. The molecule has 0 aromatic heterocycles. The smallest absolute Gasteiger partial charge is 0.271 e. The average molecular weight is 616 g/mol. The van der Waals surface area contributed by atoms with E-state index in [2.05, 4.69) is 35.2 Å². The quantitative estimate of drug-likeness (QED) is 0.0837. The van der Waals surface area contributed by atoms with Crippen molar-refractivity contribution in [3.8, 4) is 0 Å². The number of nitrogen functional groups attached to an aromatic ring is 1. The molecule has 6 aromatic rings. The minimum absolute atomic E-state index is 0. The van der Waals surface area contributed by atoms with Crippen LogP contribution in [0.4, 0.5) is 45.5 Å². The van der Waals surface area contributed by atoms with Gasteiger partial charge in [0.1, 0.15) is 0 Å². The van der Waals surface area contributed by atoms with Crippen molar-refractivity contribution in [2.45, 2.75) is 0 Å². The summed E-state index contributed by atoms with van der Waals surface area (Å²) in [5.74, 6) is 0. The first-order valence-corrected chi connectivity index (χ1v) is 13.5. The maximum absolute atomic E-state index is 11.0. The van der Waals surface area contributed by atoms with Crippen molar-refractivity contribution in [1.29, 1.82) is 0 Å². The molecule has 43 heavy (non-hydrogen) atoms. The number of non-ortho nitro benzene ring substituents is 1. The number of anilines is 7. The van der Waals surface area contributed by atoms with E-state index in [0.717, 1.165) is 39.8 Å². The fourth-order valence-electron chi connectivity index (χ4n) is 4.61. The van der Waals surface area contributed by atoms with Gasteiger partial charge in [0.15, 0.2) is 0 Å². The number of benzene rings is 6. The largest absolute Gasteiger partial charge is 0.399 e. The van der Waals surface area contributed by atoms with Crippen molar-refractivity contribution in [2.75, 3.05) is 15.5 Å². The molecule has 208 valence electrons. The zero-order valence-electron chi connectivity index (χ0n) is 23.6. The van der Waals surface area contributed by atoms with Gasteiger partial charge in [-0.2, -0.15) is 0 Å². The van der Waals surface area contributed by atoms with E-state index in [4.69, 9.17) is 5.73 Å². The van der Waals surface area contributed by atoms with E-state index < -0.39 is 0 Å². The van der Waals surface area contributed by atoms with Gasteiger partial charge in [-0.3, -0.25) is 10.1 Å². The summed E-state index contributed by atoms with van der Waals surface area (Å²) < 4.78 is 0. The molecule has 0 saturated heterocycles. The molecule has 0 bridgehead atoms. The van der Waals surface area contributed by atoms with Crippen LogP contribution in [0, 0.1) is 10.1 Å². The normalized spacial score (nSPS) is 9.95. The van der Waals surface area contributed by atoms with E-state index >= 15 is 0 Å². The fourth-order valence-corrected chi connectivity index (χ4v) is 4.61. The number of para-hydroxylation sites is 4. The number of hydrogen-bond donors (Lipinski definition) is 1. The summed E-state index contributed by atoms with van der Waals surface area (Å²) >= 11 is 0. The van der Waals surface area contributed by atoms with E-state index in [-0.39, 0.29) is 30.1 Å². The summed E-state index contributed by atoms with van der Waals surface area (Å²) in [4.78, 5) is 14.8. The van der Waals surface area contributed by atoms with E-state index in [1.165, 1.54) is 6.07 Å². The van der Waals surface area contributed by atoms with Gasteiger partial charge in [0.25, 0.3) is 5.69 Å². The van der Waals surface area contributed by atoms with Crippen molar-refractivity contribution >= 4 is 45.5 Å². The Morgan fingerprint density at radius 1 is 0.442 bits per heavy atom. The van der Waals surface area contributed by atoms with Gasteiger partial charge in [0, 0.05) is 65.7 Å². The third kappa shape index (κ3) is 7.94. The molecule has 0 spiro atoms. The molecule has 6 nitrogen and oxygen atoms in total. The Kier molecular flexibility index (Phi) is 10.8. The summed E-state index contributed by atoms with van der Waals surface area (Å²) in [7, 11) is 0. The van der Waals surface area contributed by atoms with Crippen LogP contribution in [-0.2, 0) is 19.5 Å². The summed E-state index contributed by atoms with van der Waals surface area (Å²) in [6.07, 6.45) is 0. The SMILES string of the molecule is Nc1cccc(N(c2ccccc2)c2ccccc2)c1.O=[N+]([O-])c1cccc(N(c2ccccc2)c2ccccc2)c1.[Zn]. The molecule has 0 heterocycles. The molecule has 0 aliphatic heterocycles. The van der Waals surface area contributed by atoms with Crippen molar-refractivity contribution < 1.29 is 24.4 Å². The van der Waals surface area contributed by atoms with Crippen LogP contribution in [0.3, 0.4) is 0 Å². The maximum Gasteiger partial charge on any atom is 0.271 e. The van der Waals surface area contributed by atoms with Crippen LogP contribution in [0.25, 0.3) is 0 Å². The van der Waals surface area contributed by atoms with Gasteiger partial charge in [-0.15, -0.1) is 0 Å². The van der Waals surface area contributed by atoms with Crippen molar-refractivity contribution in [3.05, 3.63) is 180 Å². The number of hydrogen-bond acceptors (Lipinski definition) is 5. The molecule has 0 atom stereocenters. The van der Waals surface area contributed by atoms with Gasteiger partial charge < -0.3 is 15.5 Å². The predicted octanol–water partition coefficient (Wildman–Crippen LogP) is 9.80. The molecule has 6 rings (SSSR count). The maximum atomic E-state index is 11.0. The molecule has 0 unspecified atom stereocenters. The third-order valence-electron chi connectivity index (χ3n) is 6.48. The standard InChI is InChI=1S/C18H14N2O2.C18H16N2.Zn/c21-20(22)18-13-7-12-17(14-18)19(15-8-3-1-4-9-15)16-10-5-2-6-11-16;19-15-8-7-13-18(14-15)20(16-9-3-1-4-10-16)17-11-5-2-6-12-17;/h1-14H;1-14H,19H2;. The van der Waals surface area contributed by atoms with Gasteiger partial charge in [0.05, 0.1) is 10.6 Å². The van der Waals surface area contributed by atoms with Crippen molar-refractivity contribution in [2.24, 2.45) is 0 Å². The van der Waals surface area contributed by atoms with Crippen LogP contribution in [0.1, 0.15) is 0 Å². The van der Waals surface area contributed by atoms with Crippen molar-refractivity contribution in [1.82, 2.24) is 0 Å². The van der Waals surface area contributed by atoms with Crippen LogP contribution in [0.5, 0.6) is 0 Å². The fraction of sp³-hybridized carbons (Fsp3) is 0. The van der Waals surface area contributed by atoms with Crippen LogP contribution in [-0.4, -0.2) is 4.92 Å². The molecule has 6 aromatic carbocycles. The Labute approximate surface area is 264 Å². The number of nitro groups is 1. The molecule has 0 aliphatic carbocycles. The first-order chi connectivity index (χ1) is 20.6. The Morgan fingerprint density at radius 2 is 0.767 bits per heavy atom. The monoisotopic (exact) mass is 614 g/mol. The Bertz CT molecular complexity index is 1640. The molecule has 0 amide bonds. The van der Waals surface area contributed by atoms with Crippen molar-refractivity contribution in [3.63, 3.8) is 0 Å². The molecule has 0 fully saturated rings. The van der Waals surface area contributed by atoms with E-state index in [9.17, 15) is 10.1 Å². The van der Waals surface area contributed by atoms with E-state index in [1.807, 2.05) is 126 Å². The summed E-state index contributed by atoms with van der Waals surface area (Å²) in [5.41, 5.74) is 12.7. The Balaban J connectivity index is 0.000000193. The van der Waals surface area contributed by atoms with Gasteiger partial charge in [-0.05, 0) is 72.8 Å². The second kappa shape index (κ2) is 15.1. The summed E-state index contributed by atoms with van der Waals surface area (Å²) in [6, 6.07) is 54.7. The zero-order chi connectivity index (χ0) is 29.1. The second-order valence-electron chi connectivity index (χ2n) is 9.38. The van der Waals surface area contributed by atoms with Gasteiger partial charge >= 0.3 is 0 Å². The molecule has 2 N–H and O–H groups in total. The van der Waals surface area contributed by atoms with Crippen LogP contribution >= 0.6 is 0 Å². The Hall–Kier alpha value is -5.26. The second-order valence-corrected chi connectivity index (χ2v) is 9.38. The molecule has 0 aliphatic rings. The van der Waals surface area contributed by atoms with Gasteiger partial charge in [0.2, 0.25) is 0 Å². The van der Waals surface area contributed by atoms with Gasteiger partial charge in [-0.1, -0.05) is 84.9 Å². The summed E-state index contributed by atoms with van der Waals surface area (Å²) in [6.45, 7) is 0. The molecule has 7 heteroatoms. The first kappa shape index (κ1) is 30.7. The number of nitro benzene ring substituents is 1. The first-order valence-electron chi connectivity index (χ1n) is 13.5. The molecule has 0 saturated carbocycles. The summed E-state index contributed by atoms with van der Waals surface area (Å²) in [5, 5.41) is 11.0. The topological polar surface area (TPSA) is 75.6 Å². The molecular formula is C36H30N4O2Zn. The van der Waals surface area contributed by atoms with E-state index in [0.29, 0.717) is 0 Å².